The van der Waals surface area contributed by atoms with E-state index in [1.165, 1.54) is 30.5 Å². The molecule has 6 nitrogen and oxygen atoms in total. The predicted octanol–water partition coefficient (Wildman–Crippen LogP) is 5.93. The number of fused-ring (bicyclic) bond motifs is 3. The third-order valence-electron chi connectivity index (χ3n) is 6.97. The SMILES string of the molecule is C=C/C(=C\C1=[N+]2C(=CN=C2c2cc(Oc3c(F)cc4[nH]ccc4c3F)ccc2F)C12CC2)CCC=O.CO. The summed E-state index contributed by atoms with van der Waals surface area (Å²) in [6, 6.07) is 6.55. The van der Waals surface area contributed by atoms with Crippen LogP contribution in [0.15, 0.2) is 77.7 Å². The number of hydrogen-bond acceptors (Lipinski definition) is 4. The van der Waals surface area contributed by atoms with Crippen LogP contribution in [-0.2, 0) is 4.79 Å². The number of benzene rings is 2. The smallest absolute Gasteiger partial charge is 0.338 e. The van der Waals surface area contributed by atoms with Crippen LogP contribution in [0.5, 0.6) is 11.5 Å². The maximum absolute atomic E-state index is 15.0. The van der Waals surface area contributed by atoms with Gasteiger partial charge in [-0.15, -0.1) is 0 Å². The Hall–Kier alpha value is -4.24. The lowest BCUT2D eigenvalue weighted by Crippen LogP contribution is -2.44. The topological polar surface area (TPSA) is 77.7 Å². The largest absolute Gasteiger partial charge is 0.451 e. The maximum atomic E-state index is 15.0. The Labute approximate surface area is 216 Å². The molecule has 38 heavy (non-hydrogen) atoms. The van der Waals surface area contributed by atoms with Gasteiger partial charge < -0.3 is 19.6 Å². The molecule has 194 valence electrons. The number of amidine groups is 1. The number of aliphatic hydroxyl groups is 1. The number of aromatic nitrogens is 1. The summed E-state index contributed by atoms with van der Waals surface area (Å²) < 4.78 is 52.0. The number of aliphatic imine (C=N–C) groups is 1. The van der Waals surface area contributed by atoms with Gasteiger partial charge in [-0.05, 0) is 60.2 Å². The number of halogens is 3. The molecule has 0 atom stereocenters. The van der Waals surface area contributed by atoms with Crippen LogP contribution in [0, 0.1) is 22.9 Å². The molecular weight excluding hydrogens is 495 g/mol. The first-order chi connectivity index (χ1) is 18.5. The third-order valence-corrected chi connectivity index (χ3v) is 6.97. The molecule has 3 heterocycles. The van der Waals surface area contributed by atoms with Crippen molar-refractivity contribution >= 4 is 28.7 Å². The molecule has 0 amide bonds. The second kappa shape index (κ2) is 9.90. The first-order valence-electron chi connectivity index (χ1n) is 12.1. The highest BCUT2D eigenvalue weighted by Crippen LogP contribution is 2.60. The van der Waals surface area contributed by atoms with Gasteiger partial charge in [0.25, 0.3) is 0 Å². The summed E-state index contributed by atoms with van der Waals surface area (Å²) in [5.74, 6) is -2.37. The van der Waals surface area contributed by atoms with E-state index in [0.29, 0.717) is 24.2 Å². The summed E-state index contributed by atoms with van der Waals surface area (Å²) in [5.41, 5.74) is 3.23. The van der Waals surface area contributed by atoms with Crippen LogP contribution in [0.2, 0.25) is 0 Å². The Morgan fingerprint density at radius 2 is 2.00 bits per heavy atom. The zero-order valence-corrected chi connectivity index (χ0v) is 20.6. The van der Waals surface area contributed by atoms with Crippen LogP contribution in [-0.4, -0.2) is 39.6 Å². The highest BCUT2D eigenvalue weighted by Gasteiger charge is 2.66. The Morgan fingerprint density at radius 1 is 1.21 bits per heavy atom. The molecule has 9 heteroatoms. The fourth-order valence-corrected chi connectivity index (χ4v) is 4.95. The molecule has 3 aliphatic rings. The molecule has 0 saturated heterocycles. The number of allylic oxidation sites excluding steroid dienone is 4. The number of aldehydes is 1. The van der Waals surface area contributed by atoms with Crippen LogP contribution < -0.4 is 4.74 Å². The summed E-state index contributed by atoms with van der Waals surface area (Å²) in [4.78, 5) is 18.1. The Kier molecular flexibility index (Phi) is 6.62. The van der Waals surface area contributed by atoms with Gasteiger partial charge >= 0.3 is 5.84 Å². The van der Waals surface area contributed by atoms with Crippen molar-refractivity contribution in [2.45, 2.75) is 25.7 Å². The first kappa shape index (κ1) is 25.4. The number of ether oxygens (including phenoxy) is 1. The summed E-state index contributed by atoms with van der Waals surface area (Å²) in [5, 5.41) is 7.19. The van der Waals surface area contributed by atoms with Gasteiger partial charge in [0.1, 0.15) is 29.1 Å². The van der Waals surface area contributed by atoms with Crippen molar-refractivity contribution in [3.8, 4) is 11.5 Å². The number of hydrogen-bond donors (Lipinski definition) is 2. The van der Waals surface area contributed by atoms with Crippen molar-refractivity contribution in [1.29, 1.82) is 0 Å². The molecule has 1 aliphatic carbocycles. The van der Waals surface area contributed by atoms with Gasteiger partial charge in [-0.1, -0.05) is 12.7 Å². The van der Waals surface area contributed by atoms with Crippen molar-refractivity contribution in [3.05, 3.63) is 95.7 Å². The van der Waals surface area contributed by atoms with E-state index in [1.54, 1.807) is 12.3 Å². The Bertz CT molecular complexity index is 1590. The molecule has 1 spiro atoms. The van der Waals surface area contributed by atoms with Gasteiger partial charge in [0.05, 0.1) is 10.9 Å². The van der Waals surface area contributed by atoms with Crippen LogP contribution >= 0.6 is 0 Å². The molecule has 0 unspecified atom stereocenters. The number of aromatic amines is 1. The van der Waals surface area contributed by atoms with Crippen LogP contribution in [0.4, 0.5) is 13.2 Å². The lowest BCUT2D eigenvalue weighted by molar-refractivity contribution is -0.388. The van der Waals surface area contributed by atoms with E-state index in [4.69, 9.17) is 9.84 Å². The molecule has 2 aromatic carbocycles. The lowest BCUT2D eigenvalue weighted by atomic mass is 9.85. The van der Waals surface area contributed by atoms with Crippen LogP contribution in [0.3, 0.4) is 0 Å². The number of nitrogens with zero attached hydrogens (tertiary/aromatic N) is 2. The maximum Gasteiger partial charge on any atom is 0.338 e. The average Bonchev–Trinajstić information content (AvgIpc) is 3.48. The highest BCUT2D eigenvalue weighted by molar-refractivity contribution is 6.11. The van der Waals surface area contributed by atoms with E-state index in [2.05, 4.69) is 16.6 Å². The predicted molar refractivity (Wildman–Crippen MR) is 138 cm³/mol. The number of rotatable bonds is 8. The van der Waals surface area contributed by atoms with Crippen LogP contribution in [0.25, 0.3) is 10.9 Å². The number of nitrogens with one attached hydrogen (secondary N) is 1. The summed E-state index contributed by atoms with van der Waals surface area (Å²) in [6.45, 7) is 3.85. The first-order valence-corrected chi connectivity index (χ1v) is 12.1. The fourth-order valence-electron chi connectivity index (χ4n) is 4.95. The Morgan fingerprint density at radius 3 is 2.71 bits per heavy atom. The van der Waals surface area contributed by atoms with Crippen molar-refractivity contribution in [1.82, 2.24) is 4.98 Å². The highest BCUT2D eigenvalue weighted by atomic mass is 19.1. The van der Waals surface area contributed by atoms with E-state index in [9.17, 15) is 13.6 Å². The van der Waals surface area contributed by atoms with Gasteiger partial charge in [0.15, 0.2) is 29.3 Å². The van der Waals surface area contributed by atoms with Gasteiger partial charge in [-0.25, -0.2) is 13.2 Å². The standard InChI is InChI=1S/C28H21F3N3O2.CH4O/c1-2-16(4-3-11-35)12-23-28(8-9-28)24-15-33-27(34(23)24)19-13-17(5-6-20(19)29)36-26-21(30)14-22-18(25(26)31)7-10-32-22;1-2/h2,5-7,10-15,32H,1,3-4,8-9H2;2H,1H3/q+1;/b16-12+;. The molecule has 2 N–H and O–H groups in total. The second-order valence-corrected chi connectivity index (χ2v) is 9.08. The molecular formula is C29H25F3N3O3+. The van der Waals surface area contributed by atoms with Gasteiger partial charge in [0, 0.05) is 31.2 Å². The summed E-state index contributed by atoms with van der Waals surface area (Å²) >= 11 is 0. The van der Waals surface area contributed by atoms with Gasteiger partial charge in [0.2, 0.25) is 0 Å². The third kappa shape index (κ3) is 3.99. The van der Waals surface area contributed by atoms with E-state index in [-0.39, 0.29) is 22.1 Å². The van der Waals surface area contributed by atoms with Crippen molar-refractivity contribution < 1.29 is 32.4 Å². The molecule has 0 radical (unpaired) electrons. The molecule has 1 saturated carbocycles. The molecule has 3 aromatic rings. The molecule has 2 aliphatic heterocycles. The van der Waals surface area contributed by atoms with Gasteiger partial charge in [-0.3, -0.25) is 0 Å². The fraction of sp³-hybridized carbons (Fsp3) is 0.207. The minimum atomic E-state index is -0.873. The lowest BCUT2D eigenvalue weighted by Gasteiger charge is -2.28. The number of H-pyrrole nitrogens is 1. The quantitative estimate of drug-likeness (QED) is 0.220. The average molecular weight is 521 g/mol. The van der Waals surface area contributed by atoms with Crippen molar-refractivity contribution in [2.75, 3.05) is 7.11 Å². The zero-order valence-electron chi connectivity index (χ0n) is 20.6. The monoisotopic (exact) mass is 520 g/mol. The van der Waals surface area contributed by atoms with Crippen molar-refractivity contribution in [2.24, 2.45) is 10.4 Å². The molecule has 6 rings (SSSR count). The minimum Gasteiger partial charge on any atom is -0.451 e. The normalized spacial score (nSPS) is 16.8. The van der Waals surface area contributed by atoms with E-state index >= 15 is 4.39 Å². The van der Waals surface area contributed by atoms with E-state index in [1.807, 2.05) is 10.7 Å². The van der Waals surface area contributed by atoms with Crippen LogP contribution in [0.1, 0.15) is 31.2 Å². The molecule has 1 aromatic heterocycles. The number of carbonyl (C=O) groups excluding carboxylic acids is 1. The summed E-state index contributed by atoms with van der Waals surface area (Å²) in [7, 11) is 1.00. The molecule has 0 bridgehead atoms. The van der Waals surface area contributed by atoms with E-state index < -0.39 is 23.2 Å². The number of carbonyl (C=O) groups is 1. The summed E-state index contributed by atoms with van der Waals surface area (Å²) in [6.07, 6.45) is 10.7. The Balaban J connectivity index is 0.00000144. The molecule has 1 fully saturated rings. The minimum absolute atomic E-state index is 0.0757. The number of aliphatic hydroxyl groups excluding tert-OH is 1. The van der Waals surface area contributed by atoms with E-state index in [0.717, 1.165) is 49.3 Å². The zero-order chi connectivity index (χ0) is 27.0. The van der Waals surface area contributed by atoms with Gasteiger partial charge in [-0.2, -0.15) is 4.58 Å². The van der Waals surface area contributed by atoms with Crippen molar-refractivity contribution in [3.63, 3.8) is 0 Å². The second-order valence-electron chi connectivity index (χ2n) is 9.08.